The van der Waals surface area contributed by atoms with Gasteiger partial charge in [0.25, 0.3) is 11.6 Å². The van der Waals surface area contributed by atoms with Gasteiger partial charge in [0, 0.05) is 49.1 Å². The van der Waals surface area contributed by atoms with Crippen LogP contribution in [0.4, 0.5) is 10.8 Å². The Hall–Kier alpha value is -3.11. The second-order valence-electron chi connectivity index (χ2n) is 6.55. The van der Waals surface area contributed by atoms with Crippen molar-refractivity contribution >= 4 is 28.1 Å². The van der Waals surface area contributed by atoms with Gasteiger partial charge in [-0.1, -0.05) is 17.3 Å². The number of non-ortho nitro benzene ring substituents is 1. The maximum Gasteiger partial charge on any atom is 0.279 e. The third kappa shape index (κ3) is 3.92. The lowest BCUT2D eigenvalue weighted by Gasteiger charge is -2.25. The Labute approximate surface area is 164 Å². The highest BCUT2D eigenvalue weighted by atomic mass is 32.1. The monoisotopic (exact) mass is 399 g/mol. The lowest BCUT2D eigenvalue weighted by Crippen LogP contribution is -2.29. The van der Waals surface area contributed by atoms with Crippen LogP contribution in [0.15, 0.2) is 34.9 Å². The summed E-state index contributed by atoms with van der Waals surface area (Å²) in [6, 6.07) is 8.19. The first-order valence-corrected chi connectivity index (χ1v) is 9.48. The van der Waals surface area contributed by atoms with Crippen molar-refractivity contribution in [3.8, 4) is 0 Å². The van der Waals surface area contributed by atoms with Crippen molar-refractivity contribution in [2.75, 3.05) is 11.9 Å². The number of nitro groups is 1. The summed E-state index contributed by atoms with van der Waals surface area (Å²) >= 11 is 1.45. The van der Waals surface area contributed by atoms with Crippen LogP contribution < -0.4 is 5.32 Å². The molecule has 0 saturated heterocycles. The third-order valence-electron chi connectivity index (χ3n) is 4.44. The van der Waals surface area contributed by atoms with E-state index >= 15 is 0 Å². The molecule has 1 N–H and O–H groups in total. The standard InChI is InChI=1S/C18H17N5O4S/c1-11-8-15(21-27-11)17(24)20-18-19-14-6-7-22(10-16(14)28-18)9-12-2-4-13(5-3-12)23(25)26/h2-5,8H,6-7,9-10H2,1H3,(H,19,20,24). The molecule has 0 bridgehead atoms. The lowest BCUT2D eigenvalue weighted by atomic mass is 10.1. The number of hydrogen-bond acceptors (Lipinski definition) is 8. The van der Waals surface area contributed by atoms with Crippen molar-refractivity contribution in [2.24, 2.45) is 0 Å². The van der Waals surface area contributed by atoms with Crippen molar-refractivity contribution in [3.05, 3.63) is 68.0 Å². The van der Waals surface area contributed by atoms with Crippen LogP contribution in [0.3, 0.4) is 0 Å². The molecule has 3 heterocycles. The van der Waals surface area contributed by atoms with Crippen LogP contribution in [0.1, 0.15) is 32.4 Å². The van der Waals surface area contributed by atoms with Gasteiger partial charge >= 0.3 is 0 Å². The Morgan fingerprint density at radius 3 is 2.86 bits per heavy atom. The van der Waals surface area contributed by atoms with E-state index in [1.54, 1.807) is 25.1 Å². The molecule has 0 unspecified atom stereocenters. The summed E-state index contributed by atoms with van der Waals surface area (Å²) in [5, 5.41) is 17.8. The molecule has 1 amide bonds. The number of nitrogens with one attached hydrogen (secondary N) is 1. The number of nitrogens with zero attached hydrogens (tertiary/aromatic N) is 4. The van der Waals surface area contributed by atoms with Crippen molar-refractivity contribution in [1.29, 1.82) is 0 Å². The Morgan fingerprint density at radius 2 is 2.18 bits per heavy atom. The molecule has 144 valence electrons. The number of aryl methyl sites for hydroxylation is 1. The highest BCUT2D eigenvalue weighted by Gasteiger charge is 2.22. The molecule has 0 fully saturated rings. The number of amides is 1. The summed E-state index contributed by atoms with van der Waals surface area (Å²) in [6.45, 7) is 3.99. The van der Waals surface area contributed by atoms with Gasteiger partial charge in [-0.2, -0.15) is 0 Å². The van der Waals surface area contributed by atoms with E-state index < -0.39 is 4.92 Å². The summed E-state index contributed by atoms with van der Waals surface area (Å²) in [6.07, 6.45) is 0.789. The highest BCUT2D eigenvalue weighted by Crippen LogP contribution is 2.29. The van der Waals surface area contributed by atoms with E-state index in [0.717, 1.165) is 35.6 Å². The maximum absolute atomic E-state index is 12.2. The average molecular weight is 399 g/mol. The summed E-state index contributed by atoms with van der Waals surface area (Å²) < 4.78 is 4.92. The van der Waals surface area contributed by atoms with E-state index in [9.17, 15) is 14.9 Å². The molecule has 3 aromatic rings. The predicted molar refractivity (Wildman–Crippen MR) is 102 cm³/mol. The van der Waals surface area contributed by atoms with Crippen LogP contribution in [-0.2, 0) is 19.5 Å². The summed E-state index contributed by atoms with van der Waals surface area (Å²) in [5.74, 6) is 0.233. The predicted octanol–water partition coefficient (Wildman–Crippen LogP) is 3.16. The second-order valence-corrected chi connectivity index (χ2v) is 7.63. The Morgan fingerprint density at radius 1 is 1.39 bits per heavy atom. The van der Waals surface area contributed by atoms with Gasteiger partial charge < -0.3 is 4.52 Å². The lowest BCUT2D eigenvalue weighted by molar-refractivity contribution is -0.384. The number of aromatic nitrogens is 2. The molecule has 0 saturated carbocycles. The summed E-state index contributed by atoms with van der Waals surface area (Å²) in [7, 11) is 0. The van der Waals surface area contributed by atoms with E-state index in [-0.39, 0.29) is 17.3 Å². The molecule has 0 atom stereocenters. The van der Waals surface area contributed by atoms with Crippen molar-refractivity contribution < 1.29 is 14.2 Å². The quantitative estimate of drug-likeness (QED) is 0.518. The minimum atomic E-state index is -0.398. The number of hydrogen-bond donors (Lipinski definition) is 1. The van der Waals surface area contributed by atoms with Gasteiger partial charge in [-0.25, -0.2) is 4.98 Å². The van der Waals surface area contributed by atoms with Gasteiger partial charge in [-0.05, 0) is 12.5 Å². The largest absolute Gasteiger partial charge is 0.361 e. The maximum atomic E-state index is 12.2. The Kier molecular flexibility index (Phi) is 4.88. The number of fused-ring (bicyclic) bond motifs is 1. The first-order valence-electron chi connectivity index (χ1n) is 8.67. The number of anilines is 1. The summed E-state index contributed by atoms with van der Waals surface area (Å²) in [5.41, 5.74) is 2.34. The number of rotatable bonds is 5. The number of carbonyl (C=O) groups excluding carboxylic acids is 1. The zero-order valence-electron chi connectivity index (χ0n) is 15.0. The van der Waals surface area contributed by atoms with E-state index in [2.05, 4.69) is 20.4 Å². The molecule has 2 aromatic heterocycles. The first-order chi connectivity index (χ1) is 13.5. The van der Waals surface area contributed by atoms with Crippen molar-refractivity contribution in [2.45, 2.75) is 26.4 Å². The van der Waals surface area contributed by atoms with Gasteiger partial charge in [-0.3, -0.25) is 25.1 Å². The van der Waals surface area contributed by atoms with Gasteiger partial charge in [0.1, 0.15) is 5.76 Å². The normalized spacial score (nSPS) is 13.9. The van der Waals surface area contributed by atoms with E-state index in [0.29, 0.717) is 17.4 Å². The number of thiazole rings is 1. The molecule has 4 rings (SSSR count). The topological polar surface area (TPSA) is 114 Å². The zero-order chi connectivity index (χ0) is 19.7. The fraction of sp³-hybridized carbons (Fsp3) is 0.278. The molecule has 1 aromatic carbocycles. The number of nitro benzene ring substituents is 1. The van der Waals surface area contributed by atoms with Crippen LogP contribution in [0, 0.1) is 17.0 Å². The van der Waals surface area contributed by atoms with E-state index in [1.165, 1.54) is 23.5 Å². The van der Waals surface area contributed by atoms with E-state index in [4.69, 9.17) is 4.52 Å². The van der Waals surface area contributed by atoms with Crippen molar-refractivity contribution in [3.63, 3.8) is 0 Å². The molecular formula is C18H17N5O4S. The van der Waals surface area contributed by atoms with Crippen LogP contribution in [0.5, 0.6) is 0 Å². The highest BCUT2D eigenvalue weighted by molar-refractivity contribution is 7.15. The SMILES string of the molecule is Cc1cc(C(=O)Nc2nc3c(s2)CN(Cc2ccc([N+](=O)[O-])cc2)CC3)no1. The minimum Gasteiger partial charge on any atom is -0.361 e. The molecule has 10 heteroatoms. The van der Waals surface area contributed by atoms with Gasteiger partial charge in [0.05, 0.1) is 10.6 Å². The molecule has 1 aliphatic rings. The molecule has 28 heavy (non-hydrogen) atoms. The fourth-order valence-corrected chi connectivity index (χ4v) is 4.10. The number of benzene rings is 1. The zero-order valence-corrected chi connectivity index (χ0v) is 15.9. The minimum absolute atomic E-state index is 0.0924. The molecule has 1 aliphatic heterocycles. The second kappa shape index (κ2) is 7.49. The van der Waals surface area contributed by atoms with Crippen molar-refractivity contribution in [1.82, 2.24) is 15.0 Å². The molecule has 9 nitrogen and oxygen atoms in total. The smallest absolute Gasteiger partial charge is 0.279 e. The van der Waals surface area contributed by atoms with Crippen LogP contribution in [-0.4, -0.2) is 32.4 Å². The van der Waals surface area contributed by atoms with Gasteiger partial charge in [0.2, 0.25) is 0 Å². The first kappa shape index (κ1) is 18.3. The van der Waals surface area contributed by atoms with Crippen LogP contribution >= 0.6 is 11.3 Å². The Bertz CT molecular complexity index is 1030. The van der Waals surface area contributed by atoms with E-state index in [1.807, 2.05) is 0 Å². The molecule has 0 aliphatic carbocycles. The molecule has 0 radical (unpaired) electrons. The molecular weight excluding hydrogens is 382 g/mol. The van der Waals surface area contributed by atoms with Gasteiger partial charge in [0.15, 0.2) is 10.8 Å². The summed E-state index contributed by atoms with van der Waals surface area (Å²) in [4.78, 5) is 30.4. The third-order valence-corrected chi connectivity index (χ3v) is 5.44. The fourth-order valence-electron chi connectivity index (χ4n) is 3.05. The van der Waals surface area contributed by atoms with Crippen LogP contribution in [0.2, 0.25) is 0 Å². The number of carbonyl (C=O) groups is 1. The van der Waals surface area contributed by atoms with Gasteiger partial charge in [-0.15, -0.1) is 11.3 Å². The van der Waals surface area contributed by atoms with Crippen LogP contribution in [0.25, 0.3) is 0 Å². The average Bonchev–Trinajstić information content (AvgIpc) is 3.27. The Balaban J connectivity index is 1.40. The molecule has 0 spiro atoms.